The minimum absolute atomic E-state index is 0.234. The Morgan fingerprint density at radius 2 is 2.06 bits per heavy atom. The summed E-state index contributed by atoms with van der Waals surface area (Å²) in [6, 6.07) is 0.806. The van der Waals surface area contributed by atoms with Gasteiger partial charge in [-0.15, -0.1) is 0 Å². The summed E-state index contributed by atoms with van der Waals surface area (Å²) in [5.41, 5.74) is 6.27. The van der Waals surface area contributed by atoms with Crippen LogP contribution in [0.15, 0.2) is 0 Å². The minimum Gasteiger partial charge on any atom is -0.329 e. The lowest BCUT2D eigenvalue weighted by molar-refractivity contribution is -0.00763. The molecule has 0 bridgehead atoms. The topological polar surface area (TPSA) is 32.5 Å². The molecule has 2 atom stereocenters. The van der Waals surface area contributed by atoms with E-state index in [2.05, 4.69) is 23.6 Å². The Morgan fingerprint density at radius 1 is 1.24 bits per heavy atom. The van der Waals surface area contributed by atoms with Crippen molar-refractivity contribution < 1.29 is 0 Å². The van der Waals surface area contributed by atoms with Crippen LogP contribution in [0, 0.1) is 0 Å². The van der Waals surface area contributed by atoms with Gasteiger partial charge in [0, 0.05) is 37.8 Å². The van der Waals surface area contributed by atoms with Crippen LogP contribution in [0.25, 0.3) is 0 Å². The number of nitrogens with zero attached hydrogens (tertiary/aromatic N) is 2. The van der Waals surface area contributed by atoms with E-state index >= 15 is 0 Å². The zero-order valence-electron chi connectivity index (χ0n) is 11.6. The van der Waals surface area contributed by atoms with E-state index in [9.17, 15) is 0 Å². The highest BCUT2D eigenvalue weighted by molar-refractivity contribution is 4.94. The Kier molecular flexibility index (Phi) is 4.45. The molecule has 0 amide bonds. The molecule has 2 heterocycles. The molecule has 2 saturated heterocycles. The Bertz CT molecular complexity index is 244. The predicted molar refractivity (Wildman–Crippen MR) is 73.2 cm³/mol. The number of piperazine rings is 1. The third-order valence-electron chi connectivity index (χ3n) is 4.83. The molecule has 2 unspecified atom stereocenters. The molecule has 3 heteroatoms. The first-order valence-corrected chi connectivity index (χ1v) is 7.39. The van der Waals surface area contributed by atoms with Gasteiger partial charge >= 0.3 is 0 Å². The fraction of sp³-hybridized carbons (Fsp3) is 1.00. The molecule has 0 radical (unpaired) electrons. The van der Waals surface area contributed by atoms with Gasteiger partial charge in [0.2, 0.25) is 0 Å². The van der Waals surface area contributed by atoms with Crippen LogP contribution in [0.3, 0.4) is 0 Å². The van der Waals surface area contributed by atoms with E-state index in [1.165, 1.54) is 58.3 Å². The summed E-state index contributed by atoms with van der Waals surface area (Å²) in [4.78, 5) is 5.37. The second-order valence-corrected chi connectivity index (χ2v) is 6.08. The maximum atomic E-state index is 6.04. The molecule has 2 aliphatic heterocycles. The van der Waals surface area contributed by atoms with Gasteiger partial charge in [-0.05, 0) is 32.7 Å². The van der Waals surface area contributed by atoms with Gasteiger partial charge < -0.3 is 5.73 Å². The van der Waals surface area contributed by atoms with Crippen molar-refractivity contribution in [2.24, 2.45) is 5.73 Å². The van der Waals surface area contributed by atoms with Crippen molar-refractivity contribution in [3.63, 3.8) is 0 Å². The molecular weight excluding hydrogens is 210 g/mol. The summed E-state index contributed by atoms with van der Waals surface area (Å²) in [6.07, 6.45) is 6.68. The van der Waals surface area contributed by atoms with Crippen molar-refractivity contribution >= 4 is 0 Å². The average molecular weight is 239 g/mol. The zero-order chi connectivity index (χ0) is 12.3. The summed E-state index contributed by atoms with van der Waals surface area (Å²) >= 11 is 0. The summed E-state index contributed by atoms with van der Waals surface area (Å²) in [6.45, 7) is 10.5. The first-order chi connectivity index (χ1) is 8.19. The molecule has 2 N–H and O–H groups in total. The van der Waals surface area contributed by atoms with Crippen molar-refractivity contribution in [3.05, 3.63) is 0 Å². The fourth-order valence-corrected chi connectivity index (χ4v) is 3.57. The molecule has 2 fully saturated rings. The Balaban J connectivity index is 1.98. The average Bonchev–Trinajstić information content (AvgIpc) is 2.38. The number of fused-ring (bicyclic) bond motifs is 1. The summed E-state index contributed by atoms with van der Waals surface area (Å²) in [7, 11) is 0. The molecule has 0 aromatic heterocycles. The highest BCUT2D eigenvalue weighted by Gasteiger charge is 2.36. The fourth-order valence-electron chi connectivity index (χ4n) is 3.57. The highest BCUT2D eigenvalue weighted by Crippen LogP contribution is 2.27. The second kappa shape index (κ2) is 5.68. The standard InChI is InChI=1S/C14H29N3/c1-3-7-14(2,12-15)17-10-9-16-8-5-4-6-13(16)11-17/h13H,3-12,15H2,1-2H3. The Hall–Kier alpha value is -0.120. The van der Waals surface area contributed by atoms with Crippen LogP contribution in [0.1, 0.15) is 46.0 Å². The van der Waals surface area contributed by atoms with Crippen LogP contribution in [-0.2, 0) is 0 Å². The van der Waals surface area contributed by atoms with Crippen LogP contribution in [0.2, 0.25) is 0 Å². The molecular formula is C14H29N3. The van der Waals surface area contributed by atoms with E-state index in [-0.39, 0.29) is 5.54 Å². The zero-order valence-corrected chi connectivity index (χ0v) is 11.6. The normalized spacial score (nSPS) is 30.9. The largest absolute Gasteiger partial charge is 0.329 e. The van der Waals surface area contributed by atoms with E-state index in [0.29, 0.717) is 0 Å². The van der Waals surface area contributed by atoms with E-state index in [4.69, 9.17) is 5.73 Å². The molecule has 100 valence electrons. The molecule has 0 aromatic rings. The Labute approximate surface area is 106 Å². The van der Waals surface area contributed by atoms with Crippen LogP contribution >= 0.6 is 0 Å². The van der Waals surface area contributed by atoms with Crippen molar-refractivity contribution in [1.82, 2.24) is 9.80 Å². The first kappa shape index (κ1) is 13.3. The SMILES string of the molecule is CCCC(C)(CN)N1CCN2CCCCC2C1. The number of rotatable bonds is 4. The monoisotopic (exact) mass is 239 g/mol. The number of hydrogen-bond donors (Lipinski definition) is 1. The quantitative estimate of drug-likeness (QED) is 0.810. The molecule has 2 aliphatic rings. The molecule has 3 nitrogen and oxygen atoms in total. The van der Waals surface area contributed by atoms with Crippen LogP contribution < -0.4 is 5.73 Å². The van der Waals surface area contributed by atoms with Crippen molar-refractivity contribution in [3.8, 4) is 0 Å². The molecule has 0 aromatic carbocycles. The number of nitrogens with two attached hydrogens (primary N) is 1. The summed E-state index contributed by atoms with van der Waals surface area (Å²) in [5, 5.41) is 0. The molecule has 2 rings (SSSR count). The summed E-state index contributed by atoms with van der Waals surface area (Å²) < 4.78 is 0. The van der Waals surface area contributed by atoms with Crippen molar-refractivity contribution in [2.45, 2.75) is 57.5 Å². The molecule has 17 heavy (non-hydrogen) atoms. The lowest BCUT2D eigenvalue weighted by Crippen LogP contribution is -2.62. The van der Waals surface area contributed by atoms with Gasteiger partial charge in [-0.1, -0.05) is 19.8 Å². The second-order valence-electron chi connectivity index (χ2n) is 6.08. The maximum Gasteiger partial charge on any atom is 0.0304 e. The summed E-state index contributed by atoms with van der Waals surface area (Å²) in [5.74, 6) is 0. The Morgan fingerprint density at radius 3 is 2.76 bits per heavy atom. The maximum absolute atomic E-state index is 6.04. The third-order valence-corrected chi connectivity index (χ3v) is 4.83. The van der Waals surface area contributed by atoms with E-state index in [1.54, 1.807) is 0 Å². The lowest BCUT2D eigenvalue weighted by Gasteiger charge is -2.50. The third kappa shape index (κ3) is 2.83. The van der Waals surface area contributed by atoms with E-state index < -0.39 is 0 Å². The van der Waals surface area contributed by atoms with Crippen molar-refractivity contribution in [2.75, 3.05) is 32.7 Å². The van der Waals surface area contributed by atoms with Crippen LogP contribution in [-0.4, -0.2) is 54.1 Å². The molecule has 0 aliphatic carbocycles. The van der Waals surface area contributed by atoms with Gasteiger partial charge in [0.05, 0.1) is 0 Å². The smallest absolute Gasteiger partial charge is 0.0304 e. The predicted octanol–water partition coefficient (Wildman–Crippen LogP) is 1.67. The molecule has 0 spiro atoms. The van der Waals surface area contributed by atoms with E-state index in [0.717, 1.165) is 12.6 Å². The van der Waals surface area contributed by atoms with Gasteiger partial charge in [0.25, 0.3) is 0 Å². The van der Waals surface area contributed by atoms with Gasteiger partial charge in [-0.3, -0.25) is 9.80 Å². The first-order valence-electron chi connectivity index (χ1n) is 7.39. The van der Waals surface area contributed by atoms with Crippen LogP contribution in [0.4, 0.5) is 0 Å². The van der Waals surface area contributed by atoms with Crippen LogP contribution in [0.5, 0.6) is 0 Å². The lowest BCUT2D eigenvalue weighted by atomic mass is 9.90. The van der Waals surface area contributed by atoms with Crippen molar-refractivity contribution in [1.29, 1.82) is 0 Å². The van der Waals surface area contributed by atoms with Gasteiger partial charge in [0.15, 0.2) is 0 Å². The number of hydrogen-bond acceptors (Lipinski definition) is 3. The number of piperidine rings is 1. The molecule has 0 saturated carbocycles. The van der Waals surface area contributed by atoms with E-state index in [1.807, 2.05) is 0 Å². The van der Waals surface area contributed by atoms with Gasteiger partial charge in [-0.25, -0.2) is 0 Å². The van der Waals surface area contributed by atoms with Gasteiger partial charge in [0.1, 0.15) is 0 Å². The van der Waals surface area contributed by atoms with Gasteiger partial charge in [-0.2, -0.15) is 0 Å². The highest BCUT2D eigenvalue weighted by atomic mass is 15.3. The minimum atomic E-state index is 0.234.